The predicted molar refractivity (Wildman–Crippen MR) is 64.1 cm³/mol. The number of furan rings is 1. The second kappa shape index (κ2) is 4.64. The van der Waals surface area contributed by atoms with Gasteiger partial charge in [-0.2, -0.15) is 0 Å². The van der Waals surface area contributed by atoms with Gasteiger partial charge in [0.1, 0.15) is 11.5 Å². The average molecular weight is 221 g/mol. The van der Waals surface area contributed by atoms with E-state index in [-0.39, 0.29) is 0 Å². The van der Waals surface area contributed by atoms with E-state index < -0.39 is 0 Å². The number of rotatable bonds is 4. The van der Waals surface area contributed by atoms with Crippen LogP contribution in [0.4, 0.5) is 0 Å². The molecule has 0 aliphatic rings. The van der Waals surface area contributed by atoms with Gasteiger partial charge in [0.05, 0.1) is 4.88 Å². The molecule has 2 rings (SSSR count). The van der Waals surface area contributed by atoms with Crippen molar-refractivity contribution in [2.24, 2.45) is 5.73 Å². The Morgan fingerprint density at radius 2 is 2.27 bits per heavy atom. The third kappa shape index (κ3) is 2.30. The van der Waals surface area contributed by atoms with E-state index >= 15 is 0 Å². The van der Waals surface area contributed by atoms with Crippen molar-refractivity contribution in [2.75, 3.05) is 6.54 Å². The smallest absolute Gasteiger partial charge is 0.144 e. The highest BCUT2D eigenvalue weighted by Crippen LogP contribution is 2.30. The summed E-state index contributed by atoms with van der Waals surface area (Å²) in [6, 6.07) is 8.19. The van der Waals surface area contributed by atoms with E-state index in [0.29, 0.717) is 12.5 Å². The van der Waals surface area contributed by atoms with Gasteiger partial charge >= 0.3 is 0 Å². The van der Waals surface area contributed by atoms with E-state index in [1.54, 1.807) is 11.3 Å². The fraction of sp³-hybridized carbons (Fsp3) is 0.333. The minimum atomic E-state index is 0.406. The van der Waals surface area contributed by atoms with Crippen molar-refractivity contribution in [1.29, 1.82) is 0 Å². The Balaban J connectivity index is 2.17. The maximum absolute atomic E-state index is 5.80. The molecule has 0 amide bonds. The van der Waals surface area contributed by atoms with Crippen LogP contribution in [0, 0.1) is 0 Å². The Hall–Kier alpha value is -1.06. The lowest BCUT2D eigenvalue weighted by atomic mass is 10.1. The van der Waals surface area contributed by atoms with Crippen LogP contribution in [0.25, 0.3) is 10.6 Å². The van der Waals surface area contributed by atoms with Gasteiger partial charge < -0.3 is 10.2 Å². The van der Waals surface area contributed by atoms with Crippen LogP contribution >= 0.6 is 11.3 Å². The van der Waals surface area contributed by atoms with Crippen LogP contribution in [0.3, 0.4) is 0 Å². The minimum absolute atomic E-state index is 0.406. The van der Waals surface area contributed by atoms with Gasteiger partial charge in [-0.15, -0.1) is 11.3 Å². The monoisotopic (exact) mass is 221 g/mol. The zero-order chi connectivity index (χ0) is 10.7. The molecule has 0 aliphatic heterocycles. The molecule has 0 aromatic carbocycles. The summed E-state index contributed by atoms with van der Waals surface area (Å²) in [6.07, 6.45) is 0.970. The third-order valence-electron chi connectivity index (χ3n) is 2.48. The highest BCUT2D eigenvalue weighted by molar-refractivity contribution is 7.13. The van der Waals surface area contributed by atoms with Gasteiger partial charge in [-0.3, -0.25) is 0 Å². The first-order valence-corrected chi connectivity index (χ1v) is 6.03. The van der Waals surface area contributed by atoms with Crippen molar-refractivity contribution in [2.45, 2.75) is 19.3 Å². The second-order valence-corrected chi connectivity index (χ2v) is 4.61. The minimum Gasteiger partial charge on any atom is -0.460 e. The van der Waals surface area contributed by atoms with Crippen LogP contribution in [0.15, 0.2) is 34.1 Å². The Bertz CT molecular complexity index is 405. The molecule has 80 valence electrons. The van der Waals surface area contributed by atoms with Crippen molar-refractivity contribution >= 4 is 11.3 Å². The Morgan fingerprint density at radius 1 is 1.40 bits per heavy atom. The molecule has 1 unspecified atom stereocenters. The maximum Gasteiger partial charge on any atom is 0.144 e. The molecule has 2 heterocycles. The molecule has 0 fully saturated rings. The zero-order valence-corrected chi connectivity index (χ0v) is 9.59. The molecule has 1 atom stereocenters. The van der Waals surface area contributed by atoms with Gasteiger partial charge in [-0.05, 0) is 36.5 Å². The quantitative estimate of drug-likeness (QED) is 0.858. The van der Waals surface area contributed by atoms with Gasteiger partial charge in [0.2, 0.25) is 0 Å². The molecule has 0 radical (unpaired) electrons. The van der Waals surface area contributed by atoms with Crippen LogP contribution in [0.1, 0.15) is 25.0 Å². The summed E-state index contributed by atoms with van der Waals surface area (Å²) in [5.41, 5.74) is 5.53. The fourth-order valence-electron chi connectivity index (χ4n) is 1.56. The number of hydrogen-bond acceptors (Lipinski definition) is 3. The lowest BCUT2D eigenvalue weighted by Crippen LogP contribution is -2.03. The van der Waals surface area contributed by atoms with E-state index in [1.165, 1.54) is 4.88 Å². The molecular formula is C12H15NOS. The second-order valence-electron chi connectivity index (χ2n) is 3.66. The van der Waals surface area contributed by atoms with Crippen molar-refractivity contribution < 1.29 is 4.42 Å². The summed E-state index contributed by atoms with van der Waals surface area (Å²) in [4.78, 5) is 1.18. The number of nitrogens with two attached hydrogens (primary N) is 1. The maximum atomic E-state index is 5.80. The highest BCUT2D eigenvalue weighted by atomic mass is 32.1. The van der Waals surface area contributed by atoms with Gasteiger partial charge in [0, 0.05) is 5.92 Å². The van der Waals surface area contributed by atoms with E-state index in [4.69, 9.17) is 10.2 Å². The van der Waals surface area contributed by atoms with Crippen LogP contribution in [-0.4, -0.2) is 6.54 Å². The summed E-state index contributed by atoms with van der Waals surface area (Å²) in [6.45, 7) is 2.85. The molecule has 0 saturated carbocycles. The molecule has 15 heavy (non-hydrogen) atoms. The molecule has 2 aromatic rings. The molecule has 2 N–H and O–H groups in total. The van der Waals surface area contributed by atoms with E-state index in [2.05, 4.69) is 24.4 Å². The standard InChI is InChI=1S/C12H15NOS/c1-9(6-7-13)10-4-5-11(14-10)12-3-2-8-15-12/h2-5,8-9H,6-7,13H2,1H3. The van der Waals surface area contributed by atoms with Crippen molar-refractivity contribution in [3.8, 4) is 10.6 Å². The van der Waals surface area contributed by atoms with Gasteiger partial charge in [-0.25, -0.2) is 0 Å². The summed E-state index contributed by atoms with van der Waals surface area (Å²) in [5, 5.41) is 2.06. The topological polar surface area (TPSA) is 39.2 Å². The lowest BCUT2D eigenvalue weighted by molar-refractivity contribution is 0.474. The molecule has 0 saturated heterocycles. The lowest BCUT2D eigenvalue weighted by Gasteiger charge is -2.05. The van der Waals surface area contributed by atoms with Crippen molar-refractivity contribution in [1.82, 2.24) is 0 Å². The van der Waals surface area contributed by atoms with Crippen LogP contribution in [-0.2, 0) is 0 Å². The van der Waals surface area contributed by atoms with E-state index in [1.807, 2.05) is 12.1 Å². The van der Waals surface area contributed by atoms with Crippen molar-refractivity contribution in [3.63, 3.8) is 0 Å². The van der Waals surface area contributed by atoms with E-state index in [9.17, 15) is 0 Å². The molecular weight excluding hydrogens is 206 g/mol. The van der Waals surface area contributed by atoms with Crippen LogP contribution < -0.4 is 5.73 Å². The normalized spacial score (nSPS) is 12.9. The van der Waals surface area contributed by atoms with Crippen molar-refractivity contribution in [3.05, 3.63) is 35.4 Å². The first-order valence-electron chi connectivity index (χ1n) is 5.15. The highest BCUT2D eigenvalue weighted by Gasteiger charge is 2.10. The summed E-state index contributed by atoms with van der Waals surface area (Å²) < 4.78 is 5.80. The Labute approximate surface area is 93.7 Å². The SMILES string of the molecule is CC(CCN)c1ccc(-c2cccs2)o1. The first-order chi connectivity index (χ1) is 7.31. The predicted octanol–water partition coefficient (Wildman–Crippen LogP) is 3.46. The number of hydrogen-bond donors (Lipinski definition) is 1. The van der Waals surface area contributed by atoms with Gasteiger partial charge in [-0.1, -0.05) is 13.0 Å². The van der Waals surface area contributed by atoms with Gasteiger partial charge in [0.25, 0.3) is 0 Å². The summed E-state index contributed by atoms with van der Waals surface area (Å²) >= 11 is 1.70. The molecule has 0 aliphatic carbocycles. The summed E-state index contributed by atoms with van der Waals surface area (Å²) in [7, 11) is 0. The molecule has 0 spiro atoms. The van der Waals surface area contributed by atoms with Crippen LogP contribution in [0.2, 0.25) is 0 Å². The van der Waals surface area contributed by atoms with Gasteiger partial charge in [0.15, 0.2) is 0 Å². The third-order valence-corrected chi connectivity index (χ3v) is 3.36. The summed E-state index contributed by atoms with van der Waals surface area (Å²) in [5.74, 6) is 2.40. The Kier molecular flexibility index (Phi) is 3.23. The zero-order valence-electron chi connectivity index (χ0n) is 8.77. The molecule has 3 heteroatoms. The molecule has 0 bridgehead atoms. The Morgan fingerprint density at radius 3 is 2.93 bits per heavy atom. The van der Waals surface area contributed by atoms with E-state index in [0.717, 1.165) is 17.9 Å². The number of thiophene rings is 1. The van der Waals surface area contributed by atoms with Crippen LogP contribution in [0.5, 0.6) is 0 Å². The fourth-order valence-corrected chi connectivity index (χ4v) is 2.25. The first kappa shape index (κ1) is 10.5. The molecule has 2 aromatic heterocycles. The average Bonchev–Trinajstić information content (AvgIpc) is 2.89. The molecule has 2 nitrogen and oxygen atoms in total. The largest absolute Gasteiger partial charge is 0.460 e.